The number of hydrogen-bond donors (Lipinski definition) is 2. The van der Waals surface area contributed by atoms with E-state index in [1.54, 1.807) is 0 Å². The van der Waals surface area contributed by atoms with E-state index in [0.717, 1.165) is 51.9 Å². The number of ether oxygens (including phenoxy) is 2. The molecule has 4 nitrogen and oxygen atoms in total. The lowest BCUT2D eigenvalue weighted by molar-refractivity contribution is 0.0284. The summed E-state index contributed by atoms with van der Waals surface area (Å²) in [6.07, 6.45) is 4.12. The fourth-order valence-electron chi connectivity index (χ4n) is 2.36. The minimum atomic E-state index is 0.364. The number of nitrogens with one attached hydrogen (secondary N) is 2. The number of morpholine rings is 1. The maximum atomic E-state index is 5.62. The normalized spacial score (nSPS) is 28.1. The summed E-state index contributed by atoms with van der Waals surface area (Å²) >= 11 is 0. The van der Waals surface area contributed by atoms with Gasteiger partial charge in [0.05, 0.1) is 12.7 Å². The van der Waals surface area contributed by atoms with Crippen LogP contribution in [0.2, 0.25) is 0 Å². The van der Waals surface area contributed by atoms with Crippen LogP contribution in [0.5, 0.6) is 0 Å². The van der Waals surface area contributed by atoms with Crippen LogP contribution in [0, 0.1) is 5.92 Å². The molecule has 1 unspecified atom stereocenters. The van der Waals surface area contributed by atoms with Gasteiger partial charge in [0, 0.05) is 32.8 Å². The predicted molar refractivity (Wildman–Crippen MR) is 63.6 cm³/mol. The highest BCUT2D eigenvalue weighted by atomic mass is 16.5. The van der Waals surface area contributed by atoms with Crippen LogP contribution in [0.25, 0.3) is 0 Å². The molecular weight excluding hydrogens is 204 g/mol. The molecule has 16 heavy (non-hydrogen) atoms. The zero-order chi connectivity index (χ0) is 11.1. The Morgan fingerprint density at radius 3 is 2.81 bits per heavy atom. The van der Waals surface area contributed by atoms with Crippen LogP contribution >= 0.6 is 0 Å². The predicted octanol–water partition coefficient (Wildman–Crippen LogP) is 0.381. The maximum absolute atomic E-state index is 5.62. The van der Waals surface area contributed by atoms with Crippen molar-refractivity contribution in [3.8, 4) is 0 Å². The molecule has 0 bridgehead atoms. The largest absolute Gasteiger partial charge is 0.381 e. The van der Waals surface area contributed by atoms with E-state index in [2.05, 4.69) is 10.6 Å². The smallest absolute Gasteiger partial charge is 0.0824 e. The van der Waals surface area contributed by atoms with E-state index in [1.165, 1.54) is 19.3 Å². The Kier molecular flexibility index (Phi) is 5.55. The van der Waals surface area contributed by atoms with Gasteiger partial charge in [0.15, 0.2) is 0 Å². The molecule has 2 rings (SSSR count). The molecule has 2 heterocycles. The molecule has 0 amide bonds. The van der Waals surface area contributed by atoms with Gasteiger partial charge in [0.1, 0.15) is 0 Å². The van der Waals surface area contributed by atoms with Gasteiger partial charge >= 0.3 is 0 Å². The van der Waals surface area contributed by atoms with Crippen molar-refractivity contribution in [2.24, 2.45) is 5.92 Å². The monoisotopic (exact) mass is 228 g/mol. The van der Waals surface area contributed by atoms with Crippen molar-refractivity contribution >= 4 is 0 Å². The molecule has 0 aromatic heterocycles. The maximum Gasteiger partial charge on any atom is 0.0824 e. The second-order valence-electron chi connectivity index (χ2n) is 4.75. The van der Waals surface area contributed by atoms with Crippen LogP contribution in [-0.2, 0) is 9.47 Å². The summed E-state index contributed by atoms with van der Waals surface area (Å²) < 4.78 is 11.0. The SMILES string of the molecule is C1COC(CNCCC2CCOCC2)CN1. The van der Waals surface area contributed by atoms with Gasteiger partial charge in [-0.1, -0.05) is 0 Å². The average molecular weight is 228 g/mol. The molecule has 0 aliphatic carbocycles. The van der Waals surface area contributed by atoms with Crippen LogP contribution in [0.4, 0.5) is 0 Å². The molecule has 2 aliphatic heterocycles. The third-order valence-corrected chi connectivity index (χ3v) is 3.45. The van der Waals surface area contributed by atoms with E-state index in [1.807, 2.05) is 0 Å². The van der Waals surface area contributed by atoms with E-state index in [4.69, 9.17) is 9.47 Å². The molecule has 0 aromatic carbocycles. The molecule has 2 saturated heterocycles. The fourth-order valence-corrected chi connectivity index (χ4v) is 2.36. The summed E-state index contributed by atoms with van der Waals surface area (Å²) in [4.78, 5) is 0. The topological polar surface area (TPSA) is 42.5 Å². The molecule has 0 radical (unpaired) electrons. The minimum Gasteiger partial charge on any atom is -0.381 e. The van der Waals surface area contributed by atoms with Crippen molar-refractivity contribution in [1.29, 1.82) is 0 Å². The third kappa shape index (κ3) is 4.37. The number of hydrogen-bond acceptors (Lipinski definition) is 4. The Hall–Kier alpha value is -0.160. The number of rotatable bonds is 5. The molecule has 0 spiro atoms. The lowest BCUT2D eigenvalue weighted by Crippen LogP contribution is -2.44. The summed E-state index contributed by atoms with van der Waals surface area (Å²) in [6, 6.07) is 0. The molecule has 2 fully saturated rings. The average Bonchev–Trinajstić information content (AvgIpc) is 2.37. The Morgan fingerprint density at radius 1 is 1.19 bits per heavy atom. The highest BCUT2D eigenvalue weighted by Crippen LogP contribution is 2.17. The molecule has 2 aliphatic rings. The summed E-state index contributed by atoms with van der Waals surface area (Å²) in [7, 11) is 0. The highest BCUT2D eigenvalue weighted by molar-refractivity contribution is 4.70. The van der Waals surface area contributed by atoms with E-state index in [0.29, 0.717) is 6.10 Å². The Morgan fingerprint density at radius 2 is 2.06 bits per heavy atom. The molecule has 0 saturated carbocycles. The molecular formula is C12H24N2O2. The first-order valence-corrected chi connectivity index (χ1v) is 6.56. The zero-order valence-electron chi connectivity index (χ0n) is 10.0. The zero-order valence-corrected chi connectivity index (χ0v) is 10.0. The van der Waals surface area contributed by atoms with Crippen LogP contribution < -0.4 is 10.6 Å². The Labute approximate surface area is 98.1 Å². The van der Waals surface area contributed by atoms with Crippen molar-refractivity contribution in [2.75, 3.05) is 46.0 Å². The third-order valence-electron chi connectivity index (χ3n) is 3.45. The van der Waals surface area contributed by atoms with Crippen LogP contribution in [-0.4, -0.2) is 52.1 Å². The van der Waals surface area contributed by atoms with Gasteiger partial charge in [0.25, 0.3) is 0 Å². The van der Waals surface area contributed by atoms with Crippen molar-refractivity contribution in [2.45, 2.75) is 25.4 Å². The van der Waals surface area contributed by atoms with Gasteiger partial charge in [-0.15, -0.1) is 0 Å². The van der Waals surface area contributed by atoms with Gasteiger partial charge in [-0.3, -0.25) is 0 Å². The van der Waals surface area contributed by atoms with Gasteiger partial charge in [-0.25, -0.2) is 0 Å². The Bertz CT molecular complexity index is 158. The molecule has 1 atom stereocenters. The van der Waals surface area contributed by atoms with E-state index in [9.17, 15) is 0 Å². The van der Waals surface area contributed by atoms with Gasteiger partial charge in [0.2, 0.25) is 0 Å². The highest BCUT2D eigenvalue weighted by Gasteiger charge is 2.15. The van der Waals surface area contributed by atoms with E-state index >= 15 is 0 Å². The summed E-state index contributed by atoms with van der Waals surface area (Å²) in [5.41, 5.74) is 0. The van der Waals surface area contributed by atoms with Gasteiger partial charge in [-0.2, -0.15) is 0 Å². The second kappa shape index (κ2) is 7.22. The standard InChI is InChI=1S/C12H24N2O2/c1(11-2-6-15-7-3-11)4-13-9-12-10-14-5-8-16-12/h11-14H,1-10H2. The first-order chi connectivity index (χ1) is 7.95. The van der Waals surface area contributed by atoms with E-state index in [-0.39, 0.29) is 0 Å². The van der Waals surface area contributed by atoms with Crippen molar-refractivity contribution < 1.29 is 9.47 Å². The van der Waals surface area contributed by atoms with Crippen LogP contribution in [0.1, 0.15) is 19.3 Å². The van der Waals surface area contributed by atoms with Crippen molar-refractivity contribution in [3.05, 3.63) is 0 Å². The van der Waals surface area contributed by atoms with Gasteiger partial charge in [-0.05, 0) is 31.7 Å². The molecule has 2 N–H and O–H groups in total. The summed E-state index contributed by atoms with van der Waals surface area (Å²) in [5, 5.41) is 6.84. The van der Waals surface area contributed by atoms with Crippen LogP contribution in [0.15, 0.2) is 0 Å². The lowest BCUT2D eigenvalue weighted by Gasteiger charge is -2.25. The van der Waals surface area contributed by atoms with Crippen molar-refractivity contribution in [3.63, 3.8) is 0 Å². The molecule has 94 valence electrons. The molecule has 4 heteroatoms. The second-order valence-corrected chi connectivity index (χ2v) is 4.75. The quantitative estimate of drug-likeness (QED) is 0.668. The minimum absolute atomic E-state index is 0.364. The van der Waals surface area contributed by atoms with E-state index < -0.39 is 0 Å². The van der Waals surface area contributed by atoms with Gasteiger partial charge < -0.3 is 20.1 Å². The lowest BCUT2D eigenvalue weighted by atomic mass is 9.97. The van der Waals surface area contributed by atoms with Crippen molar-refractivity contribution in [1.82, 2.24) is 10.6 Å². The molecule has 0 aromatic rings. The fraction of sp³-hybridized carbons (Fsp3) is 1.00. The Balaban J connectivity index is 1.47. The summed E-state index contributed by atoms with van der Waals surface area (Å²) in [5.74, 6) is 0.867. The first-order valence-electron chi connectivity index (χ1n) is 6.56. The first kappa shape index (κ1) is 12.3. The summed E-state index contributed by atoms with van der Waals surface area (Å²) in [6.45, 7) is 6.86. The van der Waals surface area contributed by atoms with Crippen LogP contribution in [0.3, 0.4) is 0 Å².